The van der Waals surface area contributed by atoms with Crippen molar-refractivity contribution in [2.24, 2.45) is 0 Å². The van der Waals surface area contributed by atoms with E-state index in [0.717, 1.165) is 42.4 Å². The van der Waals surface area contributed by atoms with E-state index in [1.165, 1.54) is 28.0 Å². The molecule has 0 saturated carbocycles. The van der Waals surface area contributed by atoms with Gasteiger partial charge in [-0.15, -0.1) is 21.5 Å². The number of amides is 2. The fourth-order valence-electron chi connectivity index (χ4n) is 3.62. The molecular formula is C23H26N4O4S2. The normalized spacial score (nSPS) is 12.9. The van der Waals surface area contributed by atoms with E-state index in [1.54, 1.807) is 7.11 Å². The number of methoxy groups -OCH3 is 1. The van der Waals surface area contributed by atoms with Gasteiger partial charge >= 0.3 is 0 Å². The number of aromatic nitrogens is 2. The van der Waals surface area contributed by atoms with E-state index >= 15 is 0 Å². The summed E-state index contributed by atoms with van der Waals surface area (Å²) in [6, 6.07) is 7.79. The lowest BCUT2D eigenvalue weighted by atomic mass is 9.95. The van der Waals surface area contributed by atoms with Gasteiger partial charge in [0.15, 0.2) is 0 Å². The fraction of sp³-hybridized carbons (Fsp3) is 0.391. The molecule has 2 amide bonds. The number of nitrogens with zero attached hydrogens (tertiary/aromatic N) is 2. The van der Waals surface area contributed by atoms with Crippen molar-refractivity contribution in [3.8, 4) is 11.5 Å². The molecule has 2 N–H and O–H groups in total. The Labute approximate surface area is 200 Å². The van der Waals surface area contributed by atoms with E-state index in [4.69, 9.17) is 9.15 Å². The molecule has 0 spiro atoms. The summed E-state index contributed by atoms with van der Waals surface area (Å²) in [5.74, 6) is 0.121. The number of aryl methyl sites for hydroxylation is 2. The van der Waals surface area contributed by atoms with Gasteiger partial charge in [-0.1, -0.05) is 29.5 Å². The Balaban J connectivity index is 1.40. The standard InChI is InChI=1S/C23H26N4O4S2/c1-14-7-9-15(10-8-14)21-26-27-23(31-21)32-13-18(28)25-22-19(20(29)24-11-12-30-2)16-5-3-4-6-17(16)33-22/h7-10H,3-6,11-13H2,1-2H3,(H,24,29)(H,25,28). The zero-order valence-electron chi connectivity index (χ0n) is 18.6. The third-order valence-electron chi connectivity index (χ3n) is 5.27. The number of benzene rings is 1. The first kappa shape index (κ1) is 23.5. The van der Waals surface area contributed by atoms with Crippen molar-refractivity contribution in [2.75, 3.05) is 31.3 Å². The van der Waals surface area contributed by atoms with Gasteiger partial charge < -0.3 is 19.8 Å². The van der Waals surface area contributed by atoms with Crippen LogP contribution in [0.15, 0.2) is 33.9 Å². The first-order valence-corrected chi connectivity index (χ1v) is 12.6. The van der Waals surface area contributed by atoms with E-state index in [0.29, 0.717) is 34.8 Å². The SMILES string of the molecule is COCCNC(=O)c1c(NC(=O)CSc2nnc(-c3ccc(C)cc3)o2)sc2c1CCCC2. The molecule has 2 aromatic heterocycles. The number of fused-ring (bicyclic) bond motifs is 1. The second-order valence-corrected chi connectivity index (χ2v) is 9.77. The van der Waals surface area contributed by atoms with Crippen LogP contribution < -0.4 is 10.6 Å². The number of ether oxygens (including phenoxy) is 1. The van der Waals surface area contributed by atoms with Gasteiger partial charge in [0.2, 0.25) is 11.8 Å². The summed E-state index contributed by atoms with van der Waals surface area (Å²) < 4.78 is 10.7. The van der Waals surface area contributed by atoms with Crippen molar-refractivity contribution in [1.29, 1.82) is 0 Å². The Kier molecular flexibility index (Phi) is 7.79. The molecule has 2 heterocycles. The molecule has 1 aliphatic carbocycles. The van der Waals surface area contributed by atoms with E-state index in [-0.39, 0.29) is 17.6 Å². The van der Waals surface area contributed by atoms with Crippen LogP contribution in [0.1, 0.15) is 39.2 Å². The van der Waals surface area contributed by atoms with Crippen LogP contribution in [0, 0.1) is 6.92 Å². The molecule has 0 bridgehead atoms. The Hall–Kier alpha value is -2.69. The zero-order valence-corrected chi connectivity index (χ0v) is 20.2. The molecule has 4 rings (SSSR count). The number of rotatable bonds is 9. The maximum Gasteiger partial charge on any atom is 0.277 e. The lowest BCUT2D eigenvalue weighted by Crippen LogP contribution is -2.29. The van der Waals surface area contributed by atoms with Crippen LogP contribution in [0.3, 0.4) is 0 Å². The molecule has 174 valence electrons. The van der Waals surface area contributed by atoms with Crippen molar-refractivity contribution in [3.63, 3.8) is 0 Å². The van der Waals surface area contributed by atoms with Crippen LogP contribution in [0.2, 0.25) is 0 Å². The smallest absolute Gasteiger partial charge is 0.277 e. The van der Waals surface area contributed by atoms with Gasteiger partial charge in [-0.05, 0) is 50.3 Å². The second-order valence-electron chi connectivity index (χ2n) is 7.74. The number of thiophene rings is 1. The van der Waals surface area contributed by atoms with Gasteiger partial charge in [0.1, 0.15) is 5.00 Å². The molecule has 0 radical (unpaired) electrons. The topological polar surface area (TPSA) is 106 Å². The minimum atomic E-state index is -0.223. The van der Waals surface area contributed by atoms with Crippen LogP contribution in [0.4, 0.5) is 5.00 Å². The first-order valence-electron chi connectivity index (χ1n) is 10.8. The lowest BCUT2D eigenvalue weighted by Gasteiger charge is -2.13. The number of anilines is 1. The molecule has 0 saturated heterocycles. The van der Waals surface area contributed by atoms with Gasteiger partial charge in [-0.25, -0.2) is 0 Å². The molecule has 33 heavy (non-hydrogen) atoms. The number of hydrogen-bond acceptors (Lipinski definition) is 8. The highest BCUT2D eigenvalue weighted by Crippen LogP contribution is 2.38. The minimum Gasteiger partial charge on any atom is -0.411 e. The van der Waals surface area contributed by atoms with E-state index in [1.807, 2.05) is 31.2 Å². The van der Waals surface area contributed by atoms with Crippen LogP contribution in [0.5, 0.6) is 0 Å². The highest BCUT2D eigenvalue weighted by molar-refractivity contribution is 7.99. The largest absolute Gasteiger partial charge is 0.411 e. The second kappa shape index (κ2) is 11.0. The molecule has 3 aromatic rings. The van der Waals surface area contributed by atoms with Crippen LogP contribution >= 0.6 is 23.1 Å². The quantitative estimate of drug-likeness (QED) is 0.346. The van der Waals surface area contributed by atoms with Gasteiger partial charge in [-0.3, -0.25) is 9.59 Å². The van der Waals surface area contributed by atoms with Crippen molar-refractivity contribution >= 4 is 39.9 Å². The van der Waals surface area contributed by atoms with Crippen molar-refractivity contribution < 1.29 is 18.7 Å². The predicted molar refractivity (Wildman–Crippen MR) is 129 cm³/mol. The summed E-state index contributed by atoms with van der Waals surface area (Å²) in [7, 11) is 1.59. The summed E-state index contributed by atoms with van der Waals surface area (Å²) in [5, 5.41) is 14.8. The van der Waals surface area contributed by atoms with Gasteiger partial charge in [0, 0.05) is 24.1 Å². The Bertz CT molecular complexity index is 1120. The first-order chi connectivity index (χ1) is 16.0. The average Bonchev–Trinajstić information content (AvgIpc) is 3.43. The molecule has 1 aromatic carbocycles. The van der Waals surface area contributed by atoms with Crippen molar-refractivity contribution in [1.82, 2.24) is 15.5 Å². The summed E-state index contributed by atoms with van der Waals surface area (Å²) in [6.45, 7) is 2.87. The Morgan fingerprint density at radius 1 is 1.18 bits per heavy atom. The monoisotopic (exact) mass is 486 g/mol. The minimum absolute atomic E-state index is 0.100. The average molecular weight is 487 g/mol. The number of thioether (sulfide) groups is 1. The van der Waals surface area contributed by atoms with E-state index in [9.17, 15) is 9.59 Å². The number of carbonyl (C=O) groups excluding carboxylic acids is 2. The van der Waals surface area contributed by atoms with Gasteiger partial charge in [0.05, 0.1) is 17.9 Å². The zero-order chi connectivity index (χ0) is 23.2. The van der Waals surface area contributed by atoms with Gasteiger partial charge in [-0.2, -0.15) is 0 Å². The molecule has 0 aliphatic heterocycles. The molecule has 0 fully saturated rings. The maximum absolute atomic E-state index is 12.8. The number of nitrogens with one attached hydrogen (secondary N) is 2. The highest BCUT2D eigenvalue weighted by Gasteiger charge is 2.26. The summed E-state index contributed by atoms with van der Waals surface area (Å²) in [6.07, 6.45) is 3.94. The third-order valence-corrected chi connectivity index (χ3v) is 7.30. The number of hydrogen-bond donors (Lipinski definition) is 2. The fourth-order valence-corrected chi connectivity index (χ4v) is 5.49. The Morgan fingerprint density at radius 3 is 2.76 bits per heavy atom. The highest BCUT2D eigenvalue weighted by atomic mass is 32.2. The summed E-state index contributed by atoms with van der Waals surface area (Å²) >= 11 is 2.66. The van der Waals surface area contributed by atoms with E-state index in [2.05, 4.69) is 20.8 Å². The van der Waals surface area contributed by atoms with Crippen molar-refractivity contribution in [2.45, 2.75) is 37.8 Å². The summed E-state index contributed by atoms with van der Waals surface area (Å²) in [4.78, 5) is 26.7. The molecule has 10 heteroatoms. The van der Waals surface area contributed by atoms with Crippen LogP contribution in [0.25, 0.3) is 11.5 Å². The summed E-state index contributed by atoms with van der Waals surface area (Å²) in [5.41, 5.74) is 3.62. The van der Waals surface area contributed by atoms with Gasteiger partial charge in [0.25, 0.3) is 11.1 Å². The third kappa shape index (κ3) is 5.82. The van der Waals surface area contributed by atoms with Crippen LogP contribution in [-0.2, 0) is 22.4 Å². The molecule has 0 unspecified atom stereocenters. The molecule has 8 nitrogen and oxygen atoms in total. The molecular weight excluding hydrogens is 460 g/mol. The number of carbonyl (C=O) groups is 2. The maximum atomic E-state index is 12.8. The van der Waals surface area contributed by atoms with Crippen molar-refractivity contribution in [3.05, 3.63) is 45.8 Å². The molecule has 0 atom stereocenters. The molecule has 1 aliphatic rings. The van der Waals surface area contributed by atoms with Crippen LogP contribution in [-0.4, -0.2) is 48.0 Å². The Morgan fingerprint density at radius 2 is 1.97 bits per heavy atom. The van der Waals surface area contributed by atoms with E-state index < -0.39 is 0 Å². The predicted octanol–water partition coefficient (Wildman–Crippen LogP) is 4.09. The lowest BCUT2D eigenvalue weighted by molar-refractivity contribution is -0.113.